The number of benzene rings is 1. The summed E-state index contributed by atoms with van der Waals surface area (Å²) >= 11 is 1.92. The maximum atomic E-state index is 13.9. The lowest BCUT2D eigenvalue weighted by Crippen LogP contribution is -2.35. The average Bonchev–Trinajstić information content (AvgIpc) is 3.11. The molecule has 2 aliphatic rings. The molecule has 2 saturated heterocycles. The normalized spacial score (nSPS) is 25.6. The second-order valence-corrected chi connectivity index (χ2v) is 6.77. The number of ether oxygens (including phenoxy) is 1. The number of hydrogen-bond acceptors (Lipinski definition) is 4. The number of carbonyl (C=O) groups excluding carboxylic acids is 1. The van der Waals surface area contributed by atoms with Crippen LogP contribution in [0.4, 0.5) is 4.39 Å². The highest BCUT2D eigenvalue weighted by Crippen LogP contribution is 2.31. The Balaban J connectivity index is 1.78. The summed E-state index contributed by atoms with van der Waals surface area (Å²) in [7, 11) is 1.44. The molecule has 2 fully saturated rings. The fourth-order valence-corrected chi connectivity index (χ4v) is 4.17. The van der Waals surface area contributed by atoms with Crippen LogP contribution in [0.3, 0.4) is 0 Å². The van der Waals surface area contributed by atoms with Crippen LogP contribution in [0, 0.1) is 5.82 Å². The standard InChI is InChI=1S/C15H19FN2O2S/c1-20-13-5-4-10(7-12(13)16)15-17-8-14(19)18(15)9-11-3-2-6-21-11/h4-5,7,11,15,17H,2-3,6,8-9H2,1H3. The van der Waals surface area contributed by atoms with Crippen molar-refractivity contribution < 1.29 is 13.9 Å². The highest BCUT2D eigenvalue weighted by Gasteiger charge is 2.34. The molecule has 1 aromatic carbocycles. The van der Waals surface area contributed by atoms with Crippen molar-refractivity contribution in [3.63, 3.8) is 0 Å². The number of methoxy groups -OCH3 is 1. The number of nitrogens with zero attached hydrogens (tertiary/aromatic N) is 1. The molecule has 1 aromatic rings. The fraction of sp³-hybridized carbons (Fsp3) is 0.533. The van der Waals surface area contributed by atoms with E-state index in [4.69, 9.17) is 4.74 Å². The van der Waals surface area contributed by atoms with Crippen molar-refractivity contribution in [2.45, 2.75) is 24.3 Å². The monoisotopic (exact) mass is 310 g/mol. The molecule has 3 rings (SSSR count). The van der Waals surface area contributed by atoms with Crippen LogP contribution in [0.1, 0.15) is 24.6 Å². The fourth-order valence-electron chi connectivity index (χ4n) is 2.91. The molecule has 2 unspecified atom stereocenters. The topological polar surface area (TPSA) is 41.6 Å². The molecule has 2 heterocycles. The van der Waals surface area contributed by atoms with E-state index in [9.17, 15) is 9.18 Å². The quantitative estimate of drug-likeness (QED) is 0.925. The smallest absolute Gasteiger partial charge is 0.238 e. The van der Waals surface area contributed by atoms with Crippen LogP contribution >= 0.6 is 11.8 Å². The van der Waals surface area contributed by atoms with Crippen LogP contribution in [-0.2, 0) is 4.79 Å². The molecule has 1 amide bonds. The zero-order valence-corrected chi connectivity index (χ0v) is 12.8. The van der Waals surface area contributed by atoms with E-state index in [1.807, 2.05) is 22.7 Å². The van der Waals surface area contributed by atoms with Crippen LogP contribution < -0.4 is 10.1 Å². The summed E-state index contributed by atoms with van der Waals surface area (Å²) in [5, 5.41) is 3.67. The van der Waals surface area contributed by atoms with Crippen LogP contribution in [0.25, 0.3) is 0 Å². The molecular formula is C15H19FN2O2S. The van der Waals surface area contributed by atoms with E-state index < -0.39 is 5.82 Å². The van der Waals surface area contributed by atoms with E-state index >= 15 is 0 Å². The van der Waals surface area contributed by atoms with Gasteiger partial charge in [0.1, 0.15) is 6.17 Å². The Kier molecular flexibility index (Phi) is 4.35. The lowest BCUT2D eigenvalue weighted by molar-refractivity contribution is -0.128. The zero-order valence-electron chi connectivity index (χ0n) is 12.0. The molecule has 2 atom stereocenters. The van der Waals surface area contributed by atoms with Gasteiger partial charge in [-0.3, -0.25) is 10.1 Å². The second kappa shape index (κ2) is 6.23. The van der Waals surface area contributed by atoms with Gasteiger partial charge < -0.3 is 9.64 Å². The molecular weight excluding hydrogens is 291 g/mol. The Morgan fingerprint density at radius 3 is 3.05 bits per heavy atom. The van der Waals surface area contributed by atoms with Crippen molar-refractivity contribution in [1.29, 1.82) is 0 Å². The van der Waals surface area contributed by atoms with Crippen molar-refractivity contribution in [3.05, 3.63) is 29.6 Å². The number of amides is 1. The summed E-state index contributed by atoms with van der Waals surface area (Å²) < 4.78 is 18.8. The van der Waals surface area contributed by atoms with Crippen molar-refractivity contribution >= 4 is 17.7 Å². The first kappa shape index (κ1) is 14.7. The van der Waals surface area contributed by atoms with Gasteiger partial charge in [0.2, 0.25) is 5.91 Å². The van der Waals surface area contributed by atoms with E-state index in [1.165, 1.54) is 25.3 Å². The lowest BCUT2D eigenvalue weighted by Gasteiger charge is -2.27. The van der Waals surface area contributed by atoms with Crippen molar-refractivity contribution in [3.8, 4) is 5.75 Å². The Morgan fingerprint density at radius 2 is 2.38 bits per heavy atom. The van der Waals surface area contributed by atoms with Gasteiger partial charge >= 0.3 is 0 Å². The maximum absolute atomic E-state index is 13.9. The van der Waals surface area contributed by atoms with Crippen LogP contribution in [0.5, 0.6) is 5.75 Å². The van der Waals surface area contributed by atoms with Crippen LogP contribution in [0.2, 0.25) is 0 Å². The third-order valence-corrected chi connectivity index (χ3v) is 5.38. The third-order valence-electron chi connectivity index (χ3n) is 3.99. The van der Waals surface area contributed by atoms with E-state index in [2.05, 4.69) is 5.32 Å². The van der Waals surface area contributed by atoms with Gasteiger partial charge in [-0.05, 0) is 36.3 Å². The van der Waals surface area contributed by atoms with Gasteiger partial charge in [0.05, 0.1) is 13.7 Å². The minimum absolute atomic E-state index is 0.0868. The van der Waals surface area contributed by atoms with Gasteiger partial charge in [0.15, 0.2) is 11.6 Å². The molecule has 6 heteroatoms. The molecule has 21 heavy (non-hydrogen) atoms. The summed E-state index contributed by atoms with van der Waals surface area (Å²) in [5.41, 5.74) is 0.766. The van der Waals surface area contributed by atoms with Gasteiger partial charge in [0.25, 0.3) is 0 Å². The second-order valence-electron chi connectivity index (χ2n) is 5.36. The highest BCUT2D eigenvalue weighted by molar-refractivity contribution is 8.00. The Morgan fingerprint density at radius 1 is 1.52 bits per heavy atom. The van der Waals surface area contributed by atoms with Gasteiger partial charge in [-0.25, -0.2) is 4.39 Å². The van der Waals surface area contributed by atoms with Crippen LogP contribution in [0.15, 0.2) is 18.2 Å². The predicted molar refractivity (Wildman–Crippen MR) is 80.9 cm³/mol. The number of thioether (sulfide) groups is 1. The maximum Gasteiger partial charge on any atom is 0.238 e. The van der Waals surface area contributed by atoms with E-state index in [-0.39, 0.29) is 17.8 Å². The molecule has 0 aliphatic carbocycles. The Bertz CT molecular complexity index is 534. The first-order valence-electron chi connectivity index (χ1n) is 7.17. The molecule has 0 saturated carbocycles. The van der Waals surface area contributed by atoms with E-state index in [1.54, 1.807) is 6.07 Å². The van der Waals surface area contributed by atoms with Gasteiger partial charge in [-0.1, -0.05) is 6.07 Å². The molecule has 0 spiro atoms. The first-order chi connectivity index (χ1) is 10.2. The number of halogens is 1. The summed E-state index contributed by atoms with van der Waals surface area (Å²) in [4.78, 5) is 13.9. The lowest BCUT2D eigenvalue weighted by atomic mass is 10.1. The summed E-state index contributed by atoms with van der Waals surface area (Å²) in [5.74, 6) is 1.08. The molecule has 2 aliphatic heterocycles. The Hall–Kier alpha value is -1.27. The van der Waals surface area contributed by atoms with Gasteiger partial charge in [-0.15, -0.1) is 0 Å². The van der Waals surface area contributed by atoms with E-state index in [0.29, 0.717) is 11.8 Å². The molecule has 1 N–H and O–H groups in total. The molecule has 0 radical (unpaired) electrons. The molecule has 0 aromatic heterocycles. The SMILES string of the molecule is COc1ccc(C2NCC(=O)N2CC2CCCS2)cc1F. The average molecular weight is 310 g/mol. The predicted octanol–water partition coefficient (Wildman–Crippen LogP) is 2.16. The van der Waals surface area contributed by atoms with Crippen LogP contribution in [-0.4, -0.2) is 42.0 Å². The summed E-state index contributed by atoms with van der Waals surface area (Å²) in [6.45, 7) is 1.05. The highest BCUT2D eigenvalue weighted by atomic mass is 32.2. The zero-order chi connectivity index (χ0) is 14.8. The van der Waals surface area contributed by atoms with Crippen molar-refractivity contribution in [1.82, 2.24) is 10.2 Å². The number of rotatable bonds is 4. The largest absolute Gasteiger partial charge is 0.494 e. The first-order valence-corrected chi connectivity index (χ1v) is 8.22. The van der Waals surface area contributed by atoms with Gasteiger partial charge in [0, 0.05) is 11.8 Å². The third kappa shape index (κ3) is 3.01. The number of carbonyl (C=O) groups is 1. The number of nitrogens with one attached hydrogen (secondary N) is 1. The Labute approximate surface area is 128 Å². The van der Waals surface area contributed by atoms with Crippen molar-refractivity contribution in [2.24, 2.45) is 0 Å². The van der Waals surface area contributed by atoms with Crippen molar-refractivity contribution in [2.75, 3.05) is 26.0 Å². The minimum atomic E-state index is -0.397. The minimum Gasteiger partial charge on any atom is -0.494 e. The van der Waals surface area contributed by atoms with Gasteiger partial charge in [-0.2, -0.15) is 11.8 Å². The molecule has 114 valence electrons. The summed E-state index contributed by atoms with van der Waals surface area (Å²) in [6.07, 6.45) is 2.13. The number of hydrogen-bond donors (Lipinski definition) is 1. The summed E-state index contributed by atoms with van der Waals surface area (Å²) in [6, 6.07) is 4.87. The van der Waals surface area contributed by atoms with E-state index in [0.717, 1.165) is 18.5 Å². The molecule has 4 nitrogen and oxygen atoms in total. The molecule has 0 bridgehead atoms.